The maximum Gasteiger partial charge on any atom is 0.387 e. The highest BCUT2D eigenvalue weighted by molar-refractivity contribution is 6.31. The van der Waals surface area contributed by atoms with Gasteiger partial charge < -0.3 is 24.3 Å². The molecular formula is C19H18ClF2NO6. The van der Waals surface area contributed by atoms with Crippen LogP contribution in [0.15, 0.2) is 36.4 Å². The van der Waals surface area contributed by atoms with Crippen molar-refractivity contribution in [1.29, 1.82) is 0 Å². The first-order valence-corrected chi connectivity index (χ1v) is 8.61. The van der Waals surface area contributed by atoms with Crippen molar-refractivity contribution < 1.29 is 37.3 Å². The highest BCUT2D eigenvalue weighted by Gasteiger charge is 2.22. The molecule has 0 saturated carbocycles. The Morgan fingerprint density at radius 2 is 1.66 bits per heavy atom. The van der Waals surface area contributed by atoms with E-state index in [1.54, 1.807) is 12.1 Å². The van der Waals surface area contributed by atoms with Crippen LogP contribution in [0.4, 0.5) is 14.5 Å². The molecule has 1 amide bonds. The Hall–Kier alpha value is -3.07. The lowest BCUT2D eigenvalue weighted by atomic mass is 10.2. The molecule has 7 nitrogen and oxygen atoms in total. The monoisotopic (exact) mass is 429 g/mol. The van der Waals surface area contributed by atoms with Gasteiger partial charge in [0.1, 0.15) is 5.75 Å². The summed E-state index contributed by atoms with van der Waals surface area (Å²) >= 11 is 5.91. The fraction of sp³-hybridized carbons (Fsp3) is 0.263. The van der Waals surface area contributed by atoms with Gasteiger partial charge in [-0.15, -0.1) is 0 Å². The lowest BCUT2D eigenvalue weighted by Crippen LogP contribution is -2.30. The van der Waals surface area contributed by atoms with Gasteiger partial charge in [0.25, 0.3) is 5.91 Å². The van der Waals surface area contributed by atoms with Crippen LogP contribution in [-0.2, 0) is 9.53 Å². The van der Waals surface area contributed by atoms with Crippen LogP contribution in [0, 0.1) is 0 Å². The number of methoxy groups -OCH3 is 2. The summed E-state index contributed by atoms with van der Waals surface area (Å²) in [5.41, 5.74) is 0.298. The number of esters is 1. The molecule has 2 aromatic carbocycles. The lowest BCUT2D eigenvalue weighted by Gasteiger charge is -2.16. The number of hydrogen-bond donors (Lipinski definition) is 1. The minimum atomic E-state index is -3.05. The number of carbonyl (C=O) groups is 2. The van der Waals surface area contributed by atoms with E-state index < -0.39 is 24.6 Å². The van der Waals surface area contributed by atoms with Gasteiger partial charge in [0.05, 0.1) is 25.5 Å². The quantitative estimate of drug-likeness (QED) is 0.635. The van der Waals surface area contributed by atoms with Crippen molar-refractivity contribution in [3.8, 4) is 17.2 Å². The van der Waals surface area contributed by atoms with Gasteiger partial charge >= 0.3 is 12.6 Å². The van der Waals surface area contributed by atoms with E-state index >= 15 is 0 Å². The summed E-state index contributed by atoms with van der Waals surface area (Å²) < 4.78 is 44.3. The smallest absolute Gasteiger partial charge is 0.387 e. The number of carbonyl (C=O) groups excluding carboxylic acids is 2. The first-order valence-electron chi connectivity index (χ1n) is 8.23. The number of rotatable bonds is 8. The number of anilines is 1. The molecule has 0 saturated heterocycles. The summed E-state index contributed by atoms with van der Waals surface area (Å²) in [6.45, 7) is -1.68. The minimum Gasteiger partial charge on any atom is -0.495 e. The molecule has 1 N–H and O–H groups in total. The summed E-state index contributed by atoms with van der Waals surface area (Å²) in [5.74, 6) is -1.42. The fourth-order valence-corrected chi connectivity index (χ4v) is 2.45. The van der Waals surface area contributed by atoms with Crippen LogP contribution in [0.2, 0.25) is 5.02 Å². The molecule has 0 radical (unpaired) electrons. The molecule has 0 aliphatic heterocycles. The van der Waals surface area contributed by atoms with Gasteiger partial charge in [0.15, 0.2) is 17.6 Å². The second-order valence-corrected chi connectivity index (χ2v) is 6.06. The van der Waals surface area contributed by atoms with E-state index in [4.69, 9.17) is 25.8 Å². The van der Waals surface area contributed by atoms with E-state index in [0.29, 0.717) is 16.5 Å². The van der Waals surface area contributed by atoms with Gasteiger partial charge in [-0.2, -0.15) is 8.78 Å². The first kappa shape index (κ1) is 22.2. The third-order valence-corrected chi connectivity index (χ3v) is 3.92. The van der Waals surface area contributed by atoms with Crippen LogP contribution in [0.1, 0.15) is 17.3 Å². The highest BCUT2D eigenvalue weighted by atomic mass is 35.5. The van der Waals surface area contributed by atoms with E-state index in [2.05, 4.69) is 10.1 Å². The minimum absolute atomic E-state index is 0.0107. The predicted molar refractivity (Wildman–Crippen MR) is 101 cm³/mol. The molecule has 2 aromatic rings. The van der Waals surface area contributed by atoms with E-state index in [9.17, 15) is 18.4 Å². The lowest BCUT2D eigenvalue weighted by molar-refractivity contribution is -0.123. The number of amides is 1. The number of hydrogen-bond acceptors (Lipinski definition) is 6. The van der Waals surface area contributed by atoms with E-state index in [1.807, 2.05) is 0 Å². The van der Waals surface area contributed by atoms with Crippen molar-refractivity contribution in [2.75, 3.05) is 19.5 Å². The predicted octanol–water partition coefficient (Wildman–Crippen LogP) is 4.14. The zero-order chi connectivity index (χ0) is 21.6. The number of nitrogens with one attached hydrogen (secondary N) is 1. The normalized spacial score (nSPS) is 11.6. The molecular weight excluding hydrogens is 412 g/mol. The van der Waals surface area contributed by atoms with Crippen molar-refractivity contribution in [3.05, 3.63) is 47.0 Å². The number of benzene rings is 2. The van der Waals surface area contributed by atoms with Crippen LogP contribution in [0.25, 0.3) is 0 Å². The van der Waals surface area contributed by atoms with Gasteiger partial charge in [-0.25, -0.2) is 4.79 Å². The summed E-state index contributed by atoms with van der Waals surface area (Å²) in [5, 5.41) is 2.94. The van der Waals surface area contributed by atoms with Crippen LogP contribution in [0.3, 0.4) is 0 Å². The summed E-state index contributed by atoms with van der Waals surface area (Å²) in [6, 6.07) is 8.18. The van der Waals surface area contributed by atoms with Gasteiger partial charge in [-0.3, -0.25) is 4.79 Å². The zero-order valence-electron chi connectivity index (χ0n) is 15.7. The molecule has 0 aliphatic rings. The molecule has 10 heteroatoms. The first-order chi connectivity index (χ1) is 13.7. The largest absolute Gasteiger partial charge is 0.495 e. The summed E-state index contributed by atoms with van der Waals surface area (Å²) in [7, 11) is 2.66. The molecule has 2 rings (SSSR count). The van der Waals surface area contributed by atoms with Crippen molar-refractivity contribution >= 4 is 29.2 Å². The molecule has 29 heavy (non-hydrogen) atoms. The zero-order valence-corrected chi connectivity index (χ0v) is 16.5. The second-order valence-electron chi connectivity index (χ2n) is 5.63. The topological polar surface area (TPSA) is 83.1 Å². The van der Waals surface area contributed by atoms with Crippen molar-refractivity contribution in [2.45, 2.75) is 19.6 Å². The number of ether oxygens (including phenoxy) is 4. The van der Waals surface area contributed by atoms with Crippen LogP contribution < -0.4 is 19.5 Å². The van der Waals surface area contributed by atoms with Gasteiger partial charge in [-0.05, 0) is 43.3 Å². The second kappa shape index (κ2) is 9.92. The summed E-state index contributed by atoms with van der Waals surface area (Å²) in [4.78, 5) is 24.6. The van der Waals surface area contributed by atoms with Crippen LogP contribution >= 0.6 is 11.6 Å². The average Bonchev–Trinajstić information content (AvgIpc) is 2.67. The Bertz CT molecular complexity index is 893. The van der Waals surface area contributed by atoms with Gasteiger partial charge in [-0.1, -0.05) is 11.6 Å². The van der Waals surface area contributed by atoms with Gasteiger partial charge in [0.2, 0.25) is 0 Å². The van der Waals surface area contributed by atoms with E-state index in [1.165, 1.54) is 39.3 Å². The van der Waals surface area contributed by atoms with E-state index in [-0.39, 0.29) is 17.1 Å². The Balaban J connectivity index is 2.08. The maximum absolute atomic E-state index is 12.4. The molecule has 0 aromatic heterocycles. The van der Waals surface area contributed by atoms with Gasteiger partial charge in [0, 0.05) is 5.02 Å². The Labute approximate surface area is 170 Å². The Kier molecular flexibility index (Phi) is 7.60. The molecule has 1 atom stereocenters. The number of alkyl halides is 2. The van der Waals surface area contributed by atoms with E-state index in [0.717, 1.165) is 6.07 Å². The Morgan fingerprint density at radius 1 is 1.00 bits per heavy atom. The molecule has 0 heterocycles. The molecule has 0 fully saturated rings. The Morgan fingerprint density at radius 3 is 2.28 bits per heavy atom. The molecule has 1 unspecified atom stereocenters. The molecule has 0 bridgehead atoms. The molecule has 0 spiro atoms. The highest BCUT2D eigenvalue weighted by Crippen LogP contribution is 2.30. The summed E-state index contributed by atoms with van der Waals surface area (Å²) in [6.07, 6.45) is -1.17. The van der Waals surface area contributed by atoms with Crippen LogP contribution in [0.5, 0.6) is 17.2 Å². The third-order valence-electron chi connectivity index (χ3n) is 3.69. The van der Waals surface area contributed by atoms with Crippen molar-refractivity contribution in [3.63, 3.8) is 0 Å². The maximum atomic E-state index is 12.4. The fourth-order valence-electron chi connectivity index (χ4n) is 2.28. The van der Waals surface area contributed by atoms with Crippen molar-refractivity contribution in [1.82, 2.24) is 0 Å². The molecule has 156 valence electrons. The SMILES string of the molecule is COc1ccc(Cl)cc1NC(=O)C(C)OC(=O)c1ccc(OC(F)F)c(OC)c1. The average molecular weight is 430 g/mol. The third kappa shape index (κ3) is 5.95. The van der Waals surface area contributed by atoms with Crippen molar-refractivity contribution in [2.24, 2.45) is 0 Å². The number of halogens is 3. The standard InChI is InChI=1S/C19H18ClF2NO6/c1-10(17(24)23-13-9-12(20)5-7-14(13)26-2)28-18(25)11-4-6-15(29-19(21)22)16(8-11)27-3/h4-10,19H,1-3H3,(H,23,24). The van der Waals surface area contributed by atoms with Crippen LogP contribution in [-0.4, -0.2) is 38.8 Å². The molecule has 0 aliphatic carbocycles.